The van der Waals surface area contributed by atoms with Crippen molar-refractivity contribution in [3.8, 4) is 0 Å². The van der Waals surface area contributed by atoms with E-state index >= 15 is 0 Å². The van der Waals surface area contributed by atoms with E-state index in [0.29, 0.717) is 0 Å². The molecule has 0 saturated carbocycles. The quantitative estimate of drug-likeness (QED) is 0.378. The summed E-state index contributed by atoms with van der Waals surface area (Å²) >= 11 is 0. The molecule has 0 rings (SSSR count). The first-order valence-electron chi connectivity index (χ1n) is 0.716. The zero-order valence-electron chi connectivity index (χ0n) is 4.64. The van der Waals surface area contributed by atoms with Gasteiger partial charge >= 0.3 is 16.2 Å². The summed E-state index contributed by atoms with van der Waals surface area (Å²) in [6.45, 7) is 0. The predicted octanol–water partition coefficient (Wildman–Crippen LogP) is -0.533. The molecule has 0 spiro atoms. The first kappa shape index (κ1) is 8.83. The summed E-state index contributed by atoms with van der Waals surface area (Å²) in [4.78, 5) is 8.78. The zero-order chi connectivity index (χ0) is 3.58. The second kappa shape index (κ2) is 3.44. The van der Waals surface area contributed by atoms with Gasteiger partial charge in [-0.1, -0.05) is 0 Å². The fourth-order valence-electron chi connectivity index (χ4n) is 0. The second-order valence-corrected chi connectivity index (χ2v) is 0.338. The maximum absolute atomic E-state index is 8.78. The molecule has 0 unspecified atom stereocenters. The number of amides is 1. The van der Waals surface area contributed by atoms with Gasteiger partial charge in [-0.15, -0.1) is 0 Å². The van der Waals surface area contributed by atoms with Crippen molar-refractivity contribution in [1.29, 1.82) is 0 Å². The van der Waals surface area contributed by atoms with E-state index in [2.05, 4.69) is 5.73 Å². The fraction of sp³-hybridized carbons (Fsp3) is 0. The Morgan fingerprint density at radius 2 is 2.00 bits per heavy atom. The number of carboxylic acid groups (broad SMARTS) is 1. The van der Waals surface area contributed by atoms with Gasteiger partial charge in [-0.25, -0.2) is 4.79 Å². The van der Waals surface area contributed by atoms with E-state index in [1.807, 2.05) is 0 Å². The minimum absolute atomic E-state index is 0. The van der Waals surface area contributed by atoms with Gasteiger partial charge < -0.3 is 13.7 Å². The molecule has 0 aliphatic heterocycles. The molecular weight excluding hydrogens is 67.0 g/mol. The molecule has 3 nitrogen and oxygen atoms in total. The van der Waals surface area contributed by atoms with E-state index in [-0.39, 0.29) is 13.0 Å². The second-order valence-electron chi connectivity index (χ2n) is 0.338. The van der Waals surface area contributed by atoms with E-state index in [0.717, 1.165) is 0 Å². The van der Waals surface area contributed by atoms with Crippen molar-refractivity contribution in [2.45, 2.75) is 0 Å². The molecule has 0 aromatic heterocycles. The monoisotopic (exact) mass is 72.0 g/mol. The average Bonchev–Trinajstić information content (AvgIpc) is 0.811. The number of hydrogen-bond acceptors (Lipinski definition) is 1. The predicted molar refractivity (Wildman–Crippen MR) is 20.2 cm³/mol. The number of primary amides is 1. The molecular formula is CH5BeNO2. The normalized spacial score (nSPS) is 4.80. The van der Waals surface area contributed by atoms with E-state index in [4.69, 9.17) is 9.90 Å². The molecule has 0 fully saturated rings. The van der Waals surface area contributed by atoms with E-state index < -0.39 is 6.09 Å². The van der Waals surface area contributed by atoms with Crippen molar-refractivity contribution in [1.82, 2.24) is 0 Å². The number of carbonyl (C=O) groups is 1. The van der Waals surface area contributed by atoms with E-state index in [9.17, 15) is 0 Å². The van der Waals surface area contributed by atoms with Crippen LogP contribution in [-0.2, 0) is 0 Å². The molecule has 0 radical (unpaired) electrons. The molecule has 0 aromatic carbocycles. The third kappa shape index (κ3) is 22.6. The van der Waals surface area contributed by atoms with Crippen LogP contribution in [0.15, 0.2) is 0 Å². The molecule has 28 valence electrons. The van der Waals surface area contributed by atoms with Crippen molar-refractivity contribution in [3.63, 3.8) is 0 Å². The molecule has 4 heteroatoms. The van der Waals surface area contributed by atoms with Crippen LogP contribution in [0.25, 0.3) is 0 Å². The summed E-state index contributed by atoms with van der Waals surface area (Å²) < 4.78 is 0. The topological polar surface area (TPSA) is 63.3 Å². The third-order valence-electron chi connectivity index (χ3n) is 0. The summed E-state index contributed by atoms with van der Waals surface area (Å²) in [6.07, 6.45) is -1.33. The smallest absolute Gasteiger partial charge is 1.00 e. The van der Waals surface area contributed by atoms with Gasteiger partial charge in [0.05, 0.1) is 0 Å². The molecule has 0 aliphatic rings. The van der Waals surface area contributed by atoms with Gasteiger partial charge in [0, 0.05) is 0 Å². The van der Waals surface area contributed by atoms with Crippen LogP contribution in [0.1, 0.15) is 2.85 Å². The fourth-order valence-corrected chi connectivity index (χ4v) is 0. The number of hydrogen-bond donors (Lipinski definition) is 2. The van der Waals surface area contributed by atoms with Crippen LogP contribution in [0, 0.1) is 0 Å². The Morgan fingerprint density at radius 3 is 2.00 bits per heavy atom. The van der Waals surface area contributed by atoms with Crippen molar-refractivity contribution in [3.05, 3.63) is 0 Å². The van der Waals surface area contributed by atoms with Gasteiger partial charge in [0.2, 0.25) is 0 Å². The van der Waals surface area contributed by atoms with Gasteiger partial charge in [-0.3, -0.25) is 0 Å². The standard InChI is InChI=1S/CH3NO2.Be.2H/c2-1(3)4;;;/h2H2,(H,3,4);;;/q;+2;2*-1. The summed E-state index contributed by atoms with van der Waals surface area (Å²) in [6, 6.07) is 0. The van der Waals surface area contributed by atoms with Crippen molar-refractivity contribution in [2.75, 3.05) is 0 Å². The van der Waals surface area contributed by atoms with Crippen LogP contribution < -0.4 is 5.73 Å². The third-order valence-corrected chi connectivity index (χ3v) is 0. The molecule has 0 aromatic rings. The van der Waals surface area contributed by atoms with Crippen molar-refractivity contribution < 1.29 is 12.8 Å². The number of rotatable bonds is 0. The SMILES string of the molecule is NC(=O)O.[Be+2].[H-].[H-]. The zero-order valence-corrected chi connectivity index (χ0v) is 2.64. The van der Waals surface area contributed by atoms with Crippen molar-refractivity contribution in [2.24, 2.45) is 5.73 Å². The van der Waals surface area contributed by atoms with Gasteiger partial charge in [0.1, 0.15) is 0 Å². The van der Waals surface area contributed by atoms with Crippen LogP contribution >= 0.6 is 0 Å². The van der Waals surface area contributed by atoms with Crippen LogP contribution in [0.3, 0.4) is 0 Å². The van der Waals surface area contributed by atoms with Gasteiger partial charge in [0.15, 0.2) is 0 Å². The van der Waals surface area contributed by atoms with Crippen LogP contribution in [0.4, 0.5) is 4.79 Å². The Morgan fingerprint density at radius 1 is 2.00 bits per heavy atom. The maximum Gasteiger partial charge on any atom is 2.00 e. The van der Waals surface area contributed by atoms with Gasteiger partial charge in [-0.2, -0.15) is 0 Å². The number of nitrogens with two attached hydrogens (primary N) is 1. The molecule has 0 atom stereocenters. The minimum Gasteiger partial charge on any atom is -1.00 e. The van der Waals surface area contributed by atoms with Gasteiger partial charge in [-0.05, 0) is 0 Å². The Bertz CT molecular complexity index is 38.7. The Kier molecular flexibility index (Phi) is 6.07. The van der Waals surface area contributed by atoms with Crippen molar-refractivity contribution >= 4 is 16.2 Å². The first-order chi connectivity index (χ1) is 1.73. The summed E-state index contributed by atoms with van der Waals surface area (Å²) in [7, 11) is 0. The molecule has 1 amide bonds. The summed E-state index contributed by atoms with van der Waals surface area (Å²) in [5.74, 6) is 0. The average molecular weight is 72.1 g/mol. The Hall–Kier alpha value is -0.561. The van der Waals surface area contributed by atoms with Gasteiger partial charge in [0.25, 0.3) is 0 Å². The summed E-state index contributed by atoms with van der Waals surface area (Å²) in [5, 5.41) is 7.19. The maximum atomic E-state index is 8.78. The molecule has 0 saturated heterocycles. The van der Waals surface area contributed by atoms with Crippen LogP contribution in [0.2, 0.25) is 0 Å². The van der Waals surface area contributed by atoms with Crippen LogP contribution in [0.5, 0.6) is 0 Å². The summed E-state index contributed by atoms with van der Waals surface area (Å²) in [5.41, 5.74) is 4.03. The molecule has 5 heavy (non-hydrogen) atoms. The largest absolute Gasteiger partial charge is 2.00 e. The first-order valence-corrected chi connectivity index (χ1v) is 0.716. The van der Waals surface area contributed by atoms with E-state index in [1.165, 1.54) is 0 Å². The molecule has 0 heterocycles. The molecule has 3 N–H and O–H groups in total. The molecule has 0 aliphatic carbocycles. The van der Waals surface area contributed by atoms with Crippen LogP contribution in [-0.4, -0.2) is 21.3 Å². The minimum atomic E-state index is -1.33. The molecule has 0 bridgehead atoms. The Balaban J connectivity index is -0.0000000150. The Labute approximate surface area is 36.0 Å². The van der Waals surface area contributed by atoms with E-state index in [1.54, 1.807) is 0 Å².